The van der Waals surface area contributed by atoms with Crippen molar-refractivity contribution in [2.24, 2.45) is 0 Å². The lowest BCUT2D eigenvalue weighted by molar-refractivity contribution is 0.0948. The van der Waals surface area contributed by atoms with E-state index in [4.69, 9.17) is 0 Å². The van der Waals surface area contributed by atoms with Crippen LogP contribution >= 0.6 is 0 Å². The molecule has 1 aromatic carbocycles. The number of imidazole rings is 1. The van der Waals surface area contributed by atoms with Crippen LogP contribution in [0.25, 0.3) is 17.0 Å². The van der Waals surface area contributed by atoms with Crippen LogP contribution in [0.3, 0.4) is 0 Å². The highest BCUT2D eigenvalue weighted by Gasteiger charge is 2.21. The van der Waals surface area contributed by atoms with E-state index in [9.17, 15) is 13.6 Å². The van der Waals surface area contributed by atoms with Gasteiger partial charge in [-0.3, -0.25) is 18.9 Å². The molecule has 3 heterocycles. The van der Waals surface area contributed by atoms with Crippen molar-refractivity contribution in [2.75, 3.05) is 0 Å². The molecule has 0 unspecified atom stereocenters. The minimum Gasteiger partial charge on any atom is -0.347 e. The quantitative estimate of drug-likeness (QED) is 0.561. The van der Waals surface area contributed by atoms with Crippen molar-refractivity contribution < 1.29 is 13.6 Å². The second-order valence-electron chi connectivity index (χ2n) is 6.80. The van der Waals surface area contributed by atoms with E-state index in [1.165, 1.54) is 6.07 Å². The number of halogens is 2. The minimum atomic E-state index is -0.961. The Labute approximate surface area is 165 Å². The van der Waals surface area contributed by atoms with Gasteiger partial charge in [-0.15, -0.1) is 0 Å². The van der Waals surface area contributed by atoms with Gasteiger partial charge in [-0.05, 0) is 37.6 Å². The standard InChI is InChI=1S/C20H18F2N6O/c1-12(2)28-16(5-6-25-28)19-26-18(17-11-23-7-8-27(17)19)20(29)24-10-13-3-4-14(21)15(22)9-13/h3-9,11-12H,10H2,1-2H3,(H,24,29). The molecule has 0 aliphatic rings. The fourth-order valence-electron chi connectivity index (χ4n) is 3.10. The first-order chi connectivity index (χ1) is 14.0. The van der Waals surface area contributed by atoms with Gasteiger partial charge in [-0.1, -0.05) is 6.07 Å². The van der Waals surface area contributed by atoms with Crippen LogP contribution in [0.15, 0.2) is 49.1 Å². The zero-order valence-electron chi connectivity index (χ0n) is 15.8. The Hall–Kier alpha value is -3.62. The largest absolute Gasteiger partial charge is 0.347 e. The maximum atomic E-state index is 13.4. The second-order valence-corrected chi connectivity index (χ2v) is 6.80. The Morgan fingerprint density at radius 2 is 2.00 bits per heavy atom. The Balaban J connectivity index is 1.68. The summed E-state index contributed by atoms with van der Waals surface area (Å²) in [5, 5.41) is 7.02. The van der Waals surface area contributed by atoms with Crippen molar-refractivity contribution in [1.82, 2.24) is 29.5 Å². The maximum Gasteiger partial charge on any atom is 0.272 e. The van der Waals surface area contributed by atoms with Gasteiger partial charge in [0.15, 0.2) is 23.2 Å². The number of nitrogens with one attached hydrogen (secondary N) is 1. The summed E-state index contributed by atoms with van der Waals surface area (Å²) in [6.45, 7) is 4.04. The third-order valence-electron chi connectivity index (χ3n) is 4.49. The fourth-order valence-corrected chi connectivity index (χ4v) is 3.10. The van der Waals surface area contributed by atoms with E-state index in [2.05, 4.69) is 20.4 Å². The van der Waals surface area contributed by atoms with Crippen molar-refractivity contribution in [3.63, 3.8) is 0 Å². The van der Waals surface area contributed by atoms with Gasteiger partial charge in [0.2, 0.25) is 0 Å². The van der Waals surface area contributed by atoms with E-state index in [1.807, 2.05) is 24.6 Å². The van der Waals surface area contributed by atoms with Gasteiger partial charge in [0, 0.05) is 31.2 Å². The highest BCUT2D eigenvalue weighted by Crippen LogP contribution is 2.24. The molecule has 1 N–H and O–H groups in total. The van der Waals surface area contributed by atoms with E-state index < -0.39 is 17.5 Å². The van der Waals surface area contributed by atoms with Crippen LogP contribution in [0.1, 0.15) is 35.9 Å². The lowest BCUT2D eigenvalue weighted by Crippen LogP contribution is -2.23. The highest BCUT2D eigenvalue weighted by atomic mass is 19.2. The maximum absolute atomic E-state index is 13.4. The molecule has 7 nitrogen and oxygen atoms in total. The summed E-state index contributed by atoms with van der Waals surface area (Å²) >= 11 is 0. The molecule has 4 rings (SSSR count). The molecule has 0 bridgehead atoms. The van der Waals surface area contributed by atoms with Crippen LogP contribution < -0.4 is 5.32 Å². The molecule has 9 heteroatoms. The predicted octanol–water partition coefficient (Wildman–Crippen LogP) is 3.38. The number of aromatic nitrogens is 5. The molecule has 3 aromatic heterocycles. The third-order valence-corrected chi connectivity index (χ3v) is 4.49. The number of fused-ring (bicyclic) bond motifs is 1. The van der Waals surface area contributed by atoms with Crippen molar-refractivity contribution in [3.05, 3.63) is 71.9 Å². The average Bonchev–Trinajstić information content (AvgIpc) is 3.33. The first-order valence-corrected chi connectivity index (χ1v) is 9.03. The van der Waals surface area contributed by atoms with E-state index in [-0.39, 0.29) is 18.3 Å². The molecular formula is C20H18F2N6O. The molecule has 0 atom stereocenters. The van der Waals surface area contributed by atoms with Gasteiger partial charge in [0.25, 0.3) is 5.91 Å². The van der Waals surface area contributed by atoms with Crippen LogP contribution in [0.2, 0.25) is 0 Å². The monoisotopic (exact) mass is 396 g/mol. The fraction of sp³-hybridized carbons (Fsp3) is 0.200. The summed E-state index contributed by atoms with van der Waals surface area (Å²) in [6, 6.07) is 5.43. The van der Waals surface area contributed by atoms with Gasteiger partial charge in [0.1, 0.15) is 5.69 Å². The van der Waals surface area contributed by atoms with Crippen LogP contribution in [0.4, 0.5) is 8.78 Å². The molecule has 0 spiro atoms. The minimum absolute atomic E-state index is 0.0363. The molecule has 0 saturated carbocycles. The van der Waals surface area contributed by atoms with Gasteiger partial charge < -0.3 is 5.32 Å². The summed E-state index contributed by atoms with van der Waals surface area (Å²) in [5.41, 5.74) is 1.92. The molecule has 0 radical (unpaired) electrons. The number of hydrogen-bond donors (Lipinski definition) is 1. The van der Waals surface area contributed by atoms with E-state index >= 15 is 0 Å². The van der Waals surface area contributed by atoms with Crippen LogP contribution in [0, 0.1) is 11.6 Å². The molecule has 0 fully saturated rings. The van der Waals surface area contributed by atoms with E-state index in [0.29, 0.717) is 16.9 Å². The molecule has 148 valence electrons. The Kier molecular flexibility index (Phi) is 4.79. The molecular weight excluding hydrogens is 378 g/mol. The van der Waals surface area contributed by atoms with Crippen molar-refractivity contribution >= 4 is 11.4 Å². The number of carbonyl (C=O) groups excluding carboxylic acids is 1. The summed E-state index contributed by atoms with van der Waals surface area (Å²) in [7, 11) is 0. The molecule has 4 aromatic rings. The first kappa shape index (κ1) is 18.7. The van der Waals surface area contributed by atoms with Gasteiger partial charge in [-0.25, -0.2) is 13.8 Å². The van der Waals surface area contributed by atoms with E-state index in [1.54, 1.807) is 29.2 Å². The topological polar surface area (TPSA) is 77.1 Å². The number of hydrogen-bond acceptors (Lipinski definition) is 4. The lowest BCUT2D eigenvalue weighted by atomic mass is 10.2. The van der Waals surface area contributed by atoms with Crippen molar-refractivity contribution in [1.29, 1.82) is 0 Å². The Bertz CT molecular complexity index is 1200. The second kappa shape index (κ2) is 7.42. The normalized spacial score (nSPS) is 11.3. The van der Waals surface area contributed by atoms with Gasteiger partial charge >= 0.3 is 0 Å². The number of amides is 1. The lowest BCUT2D eigenvalue weighted by Gasteiger charge is -2.09. The molecule has 0 aliphatic heterocycles. The third kappa shape index (κ3) is 3.46. The summed E-state index contributed by atoms with van der Waals surface area (Å²) < 4.78 is 30.0. The summed E-state index contributed by atoms with van der Waals surface area (Å²) in [6.07, 6.45) is 6.57. The predicted molar refractivity (Wildman–Crippen MR) is 102 cm³/mol. The van der Waals surface area contributed by atoms with Crippen molar-refractivity contribution in [2.45, 2.75) is 26.4 Å². The zero-order chi connectivity index (χ0) is 20.5. The zero-order valence-corrected chi connectivity index (χ0v) is 15.8. The number of benzene rings is 1. The molecule has 0 aliphatic carbocycles. The Morgan fingerprint density at radius 1 is 1.17 bits per heavy atom. The smallest absolute Gasteiger partial charge is 0.272 e. The number of nitrogens with zero attached hydrogens (tertiary/aromatic N) is 5. The molecule has 0 saturated heterocycles. The highest BCUT2D eigenvalue weighted by molar-refractivity contribution is 5.99. The van der Waals surface area contributed by atoms with Crippen LogP contribution in [0.5, 0.6) is 0 Å². The number of carbonyl (C=O) groups is 1. The Morgan fingerprint density at radius 3 is 2.76 bits per heavy atom. The van der Waals surface area contributed by atoms with Gasteiger partial charge in [-0.2, -0.15) is 5.10 Å². The number of rotatable bonds is 5. The van der Waals surface area contributed by atoms with Gasteiger partial charge in [0.05, 0.1) is 11.7 Å². The average molecular weight is 396 g/mol. The summed E-state index contributed by atoms with van der Waals surface area (Å²) in [4.78, 5) is 21.4. The van der Waals surface area contributed by atoms with Crippen molar-refractivity contribution in [3.8, 4) is 11.5 Å². The SMILES string of the molecule is CC(C)n1nccc1-c1nc(C(=O)NCc2ccc(F)c(F)c2)c2cnccn12. The first-order valence-electron chi connectivity index (χ1n) is 9.03. The molecule has 29 heavy (non-hydrogen) atoms. The van der Waals surface area contributed by atoms with Crippen LogP contribution in [-0.4, -0.2) is 30.1 Å². The van der Waals surface area contributed by atoms with E-state index in [0.717, 1.165) is 17.8 Å². The molecule has 1 amide bonds. The summed E-state index contributed by atoms with van der Waals surface area (Å²) in [5.74, 6) is -1.77. The van der Waals surface area contributed by atoms with Crippen LogP contribution in [-0.2, 0) is 6.54 Å².